The van der Waals surface area contributed by atoms with Crippen LogP contribution in [0.15, 0.2) is 16.7 Å². The molecule has 24 heavy (non-hydrogen) atoms. The van der Waals surface area contributed by atoms with Gasteiger partial charge in [-0.25, -0.2) is 0 Å². The third-order valence-corrected chi connectivity index (χ3v) is 4.59. The fourth-order valence-electron chi connectivity index (χ4n) is 3.01. The van der Waals surface area contributed by atoms with E-state index in [1.54, 1.807) is 0 Å². The van der Waals surface area contributed by atoms with Gasteiger partial charge in [-0.05, 0) is 24.7 Å². The van der Waals surface area contributed by atoms with E-state index in [0.717, 1.165) is 25.2 Å². The predicted molar refractivity (Wildman–Crippen MR) is 87.8 cm³/mol. The second-order valence-electron chi connectivity index (χ2n) is 6.03. The molecule has 1 unspecified atom stereocenters. The molecule has 2 aromatic rings. The number of benzene rings is 1. The van der Waals surface area contributed by atoms with Crippen molar-refractivity contribution in [2.45, 2.75) is 12.5 Å². The summed E-state index contributed by atoms with van der Waals surface area (Å²) in [6.07, 6.45) is 0.507. The van der Waals surface area contributed by atoms with Crippen molar-refractivity contribution in [2.24, 2.45) is 0 Å². The molecule has 3 heterocycles. The number of hydrogen-bond donors (Lipinski definition) is 1. The Hall–Kier alpha value is -1.83. The monoisotopic (exact) mass is 350 g/mol. The highest BCUT2D eigenvalue weighted by atomic mass is 35.5. The van der Waals surface area contributed by atoms with E-state index in [2.05, 4.69) is 27.4 Å². The zero-order valence-electron chi connectivity index (χ0n) is 13.4. The van der Waals surface area contributed by atoms with Crippen molar-refractivity contribution in [2.75, 3.05) is 39.9 Å². The molecule has 7 nitrogen and oxygen atoms in total. The van der Waals surface area contributed by atoms with Gasteiger partial charge in [-0.1, -0.05) is 16.8 Å². The van der Waals surface area contributed by atoms with Crippen LogP contribution in [0.2, 0.25) is 5.02 Å². The number of nitrogens with one attached hydrogen (secondary N) is 1. The second-order valence-corrected chi connectivity index (χ2v) is 6.43. The van der Waals surface area contributed by atoms with Crippen LogP contribution in [0.5, 0.6) is 11.5 Å². The Morgan fingerprint density at radius 2 is 2.21 bits per heavy atom. The van der Waals surface area contributed by atoms with Crippen LogP contribution < -0.4 is 14.8 Å². The number of aromatic nitrogens is 2. The van der Waals surface area contributed by atoms with Crippen molar-refractivity contribution in [1.82, 2.24) is 20.4 Å². The van der Waals surface area contributed by atoms with Gasteiger partial charge in [-0.2, -0.15) is 4.98 Å². The third-order valence-electron chi connectivity index (χ3n) is 4.30. The van der Waals surface area contributed by atoms with Gasteiger partial charge in [0.1, 0.15) is 13.2 Å². The maximum atomic E-state index is 6.27. The Balaban J connectivity index is 1.53. The molecule has 128 valence electrons. The highest BCUT2D eigenvalue weighted by Crippen LogP contribution is 2.38. The number of nitrogens with zero attached hydrogens (tertiary/aromatic N) is 3. The van der Waals surface area contributed by atoms with Crippen molar-refractivity contribution in [3.63, 3.8) is 0 Å². The number of piperazine rings is 1. The predicted octanol–water partition coefficient (Wildman–Crippen LogP) is 1.66. The van der Waals surface area contributed by atoms with Crippen molar-refractivity contribution in [3.05, 3.63) is 34.4 Å². The van der Waals surface area contributed by atoms with Crippen molar-refractivity contribution in [3.8, 4) is 11.5 Å². The van der Waals surface area contributed by atoms with Crippen molar-refractivity contribution < 1.29 is 14.0 Å². The molecule has 1 aromatic carbocycles. The standard InChI is InChI=1S/C16H19ClN4O3/c1-21-3-2-18-9-12(21)16-19-14(24-20-16)8-10-6-11(17)15-13(7-10)22-4-5-23-15/h6-7,12,18H,2-5,8-9H2,1H3. The summed E-state index contributed by atoms with van der Waals surface area (Å²) in [6.45, 7) is 3.81. The lowest BCUT2D eigenvalue weighted by molar-refractivity contribution is 0.171. The largest absolute Gasteiger partial charge is 0.486 e. The summed E-state index contributed by atoms with van der Waals surface area (Å²) < 4.78 is 16.6. The second kappa shape index (κ2) is 6.58. The lowest BCUT2D eigenvalue weighted by Gasteiger charge is -2.30. The molecular formula is C16H19ClN4O3. The van der Waals surface area contributed by atoms with Crippen LogP contribution >= 0.6 is 11.6 Å². The minimum Gasteiger partial charge on any atom is -0.486 e. The Morgan fingerprint density at radius 3 is 3.08 bits per heavy atom. The van der Waals surface area contributed by atoms with Gasteiger partial charge < -0.3 is 19.3 Å². The SMILES string of the molecule is CN1CCNCC1c1noc(Cc2cc(Cl)c3c(c2)OCCO3)n1. The molecule has 0 radical (unpaired) electrons. The molecule has 0 bridgehead atoms. The van der Waals surface area contributed by atoms with E-state index in [1.807, 2.05) is 12.1 Å². The highest BCUT2D eigenvalue weighted by Gasteiger charge is 2.25. The summed E-state index contributed by atoms with van der Waals surface area (Å²) >= 11 is 6.27. The van der Waals surface area contributed by atoms with Gasteiger partial charge in [0.15, 0.2) is 17.3 Å². The van der Waals surface area contributed by atoms with Crippen LogP contribution in [0.4, 0.5) is 0 Å². The van der Waals surface area contributed by atoms with E-state index in [4.69, 9.17) is 25.6 Å². The maximum Gasteiger partial charge on any atom is 0.231 e. The fourth-order valence-corrected chi connectivity index (χ4v) is 3.30. The molecule has 0 spiro atoms. The molecular weight excluding hydrogens is 332 g/mol. The molecule has 1 atom stereocenters. The van der Waals surface area contributed by atoms with Crippen LogP contribution in [0, 0.1) is 0 Å². The number of fused-ring (bicyclic) bond motifs is 1. The number of rotatable bonds is 3. The first-order valence-corrected chi connectivity index (χ1v) is 8.40. The zero-order valence-corrected chi connectivity index (χ0v) is 14.2. The van der Waals surface area contributed by atoms with E-state index in [1.165, 1.54) is 0 Å². The highest BCUT2D eigenvalue weighted by molar-refractivity contribution is 6.32. The van der Waals surface area contributed by atoms with E-state index >= 15 is 0 Å². The molecule has 1 fully saturated rings. The lowest BCUT2D eigenvalue weighted by Crippen LogP contribution is -2.44. The molecule has 2 aliphatic rings. The Labute approximate surface area is 144 Å². The number of ether oxygens (including phenoxy) is 2. The summed E-state index contributed by atoms with van der Waals surface area (Å²) in [5, 5.41) is 8.03. The first-order chi connectivity index (χ1) is 11.7. The van der Waals surface area contributed by atoms with Crippen molar-refractivity contribution in [1.29, 1.82) is 0 Å². The van der Waals surface area contributed by atoms with Crippen LogP contribution in [0.1, 0.15) is 23.3 Å². The lowest BCUT2D eigenvalue weighted by atomic mass is 10.1. The van der Waals surface area contributed by atoms with Gasteiger partial charge in [-0.3, -0.25) is 4.90 Å². The molecule has 0 aliphatic carbocycles. The maximum absolute atomic E-state index is 6.27. The van der Waals surface area contributed by atoms with Gasteiger partial charge in [-0.15, -0.1) is 0 Å². The van der Waals surface area contributed by atoms with Gasteiger partial charge in [0.2, 0.25) is 5.89 Å². The molecule has 8 heteroatoms. The van der Waals surface area contributed by atoms with E-state index in [0.29, 0.717) is 47.9 Å². The molecule has 4 rings (SSSR count). The zero-order chi connectivity index (χ0) is 16.5. The number of likely N-dealkylation sites (N-methyl/N-ethyl adjacent to an activating group) is 1. The Morgan fingerprint density at radius 1 is 1.33 bits per heavy atom. The van der Waals surface area contributed by atoms with E-state index in [9.17, 15) is 0 Å². The molecule has 0 amide bonds. The molecule has 1 aromatic heterocycles. The minimum atomic E-state index is 0.139. The quantitative estimate of drug-likeness (QED) is 0.902. The molecule has 2 aliphatic heterocycles. The van der Waals surface area contributed by atoms with Gasteiger partial charge in [0.05, 0.1) is 17.5 Å². The molecule has 1 N–H and O–H groups in total. The van der Waals surface area contributed by atoms with E-state index < -0.39 is 0 Å². The average molecular weight is 351 g/mol. The Bertz CT molecular complexity index is 736. The van der Waals surface area contributed by atoms with Gasteiger partial charge in [0.25, 0.3) is 0 Å². The average Bonchev–Trinajstić information content (AvgIpc) is 3.03. The van der Waals surface area contributed by atoms with E-state index in [-0.39, 0.29) is 6.04 Å². The fraction of sp³-hybridized carbons (Fsp3) is 0.500. The summed E-state index contributed by atoms with van der Waals surface area (Å²) in [5.41, 5.74) is 0.953. The van der Waals surface area contributed by atoms with Crippen LogP contribution in [0.25, 0.3) is 0 Å². The summed E-state index contributed by atoms with van der Waals surface area (Å²) in [5.74, 6) is 2.55. The normalized spacial score (nSPS) is 21.0. The number of hydrogen-bond acceptors (Lipinski definition) is 7. The van der Waals surface area contributed by atoms with Gasteiger partial charge in [0, 0.05) is 19.6 Å². The van der Waals surface area contributed by atoms with Gasteiger partial charge >= 0.3 is 0 Å². The van der Waals surface area contributed by atoms with Crippen LogP contribution in [-0.2, 0) is 6.42 Å². The third kappa shape index (κ3) is 3.07. The number of halogens is 1. The smallest absolute Gasteiger partial charge is 0.231 e. The first kappa shape index (κ1) is 15.7. The molecule has 1 saturated heterocycles. The van der Waals surface area contributed by atoms with Crippen LogP contribution in [0.3, 0.4) is 0 Å². The van der Waals surface area contributed by atoms with Crippen LogP contribution in [-0.4, -0.2) is 54.9 Å². The topological polar surface area (TPSA) is 72.7 Å². The minimum absolute atomic E-state index is 0.139. The first-order valence-electron chi connectivity index (χ1n) is 8.02. The summed E-state index contributed by atoms with van der Waals surface area (Å²) in [4.78, 5) is 6.78. The summed E-state index contributed by atoms with van der Waals surface area (Å²) in [6, 6.07) is 3.91. The summed E-state index contributed by atoms with van der Waals surface area (Å²) in [7, 11) is 2.07. The Kier molecular flexibility index (Phi) is 4.30. The molecule has 0 saturated carbocycles. The van der Waals surface area contributed by atoms with Crippen molar-refractivity contribution >= 4 is 11.6 Å².